The molecule has 0 saturated carbocycles. The molecular formula is C17H20BrFN2O2. The quantitative estimate of drug-likeness (QED) is 0.853. The summed E-state index contributed by atoms with van der Waals surface area (Å²) in [5.41, 5.74) is -0.478. The fourth-order valence-electron chi connectivity index (χ4n) is 3.48. The Balaban J connectivity index is 2.13. The van der Waals surface area contributed by atoms with E-state index in [1.807, 2.05) is 6.92 Å². The molecule has 2 saturated heterocycles. The zero-order valence-electron chi connectivity index (χ0n) is 13.2. The Kier molecular flexibility index (Phi) is 4.23. The Morgan fingerprint density at radius 3 is 3.00 bits per heavy atom. The van der Waals surface area contributed by atoms with Crippen molar-refractivity contribution >= 4 is 21.8 Å². The van der Waals surface area contributed by atoms with E-state index < -0.39 is 5.54 Å². The van der Waals surface area contributed by atoms with E-state index in [4.69, 9.17) is 4.74 Å². The monoisotopic (exact) mass is 382 g/mol. The van der Waals surface area contributed by atoms with E-state index in [0.717, 1.165) is 10.9 Å². The zero-order chi connectivity index (χ0) is 16.8. The average Bonchev–Trinajstić information content (AvgIpc) is 2.54. The summed E-state index contributed by atoms with van der Waals surface area (Å²) in [6.45, 7) is 6.17. The maximum Gasteiger partial charge on any atom is 0.233 e. The fourth-order valence-corrected chi connectivity index (χ4v) is 3.84. The summed E-state index contributed by atoms with van der Waals surface area (Å²) in [7, 11) is 1.69. The van der Waals surface area contributed by atoms with Gasteiger partial charge in [-0.05, 0) is 31.0 Å². The van der Waals surface area contributed by atoms with Crippen LogP contribution in [0, 0.1) is 11.7 Å². The van der Waals surface area contributed by atoms with Crippen molar-refractivity contribution in [3.8, 4) is 0 Å². The molecule has 3 atom stereocenters. The molecule has 0 aromatic heterocycles. The molecule has 1 aromatic carbocycles. The Labute approximate surface area is 143 Å². The van der Waals surface area contributed by atoms with Crippen molar-refractivity contribution in [2.75, 3.05) is 13.7 Å². The van der Waals surface area contributed by atoms with Crippen molar-refractivity contribution in [2.45, 2.75) is 31.4 Å². The van der Waals surface area contributed by atoms with E-state index >= 15 is 0 Å². The number of carbonyl (C=O) groups is 1. The molecule has 2 fully saturated rings. The summed E-state index contributed by atoms with van der Waals surface area (Å²) in [4.78, 5) is 14.4. The highest BCUT2D eigenvalue weighted by molar-refractivity contribution is 9.10. The third-order valence-electron chi connectivity index (χ3n) is 4.91. The minimum atomic E-state index is -0.916. The third kappa shape index (κ3) is 2.58. The van der Waals surface area contributed by atoms with Crippen LogP contribution in [0.25, 0.3) is 0 Å². The summed E-state index contributed by atoms with van der Waals surface area (Å²) in [5, 5.41) is 3.27. The Morgan fingerprint density at radius 2 is 2.30 bits per heavy atom. The lowest BCUT2D eigenvalue weighted by atomic mass is 9.71. The molecule has 1 aromatic rings. The molecule has 0 spiro atoms. The molecule has 2 aliphatic heterocycles. The molecule has 0 unspecified atom stereocenters. The van der Waals surface area contributed by atoms with Gasteiger partial charge in [-0.25, -0.2) is 4.39 Å². The molecule has 3 rings (SSSR count). The van der Waals surface area contributed by atoms with Crippen LogP contribution in [0.1, 0.15) is 25.3 Å². The summed E-state index contributed by atoms with van der Waals surface area (Å²) >= 11 is 3.39. The smallest absolute Gasteiger partial charge is 0.233 e. The Bertz CT molecular complexity index is 666. The fraction of sp³-hybridized carbons (Fsp3) is 0.471. The number of hydrogen-bond acceptors (Lipinski definition) is 3. The van der Waals surface area contributed by atoms with Gasteiger partial charge >= 0.3 is 0 Å². The second-order valence-electron chi connectivity index (χ2n) is 6.19. The van der Waals surface area contributed by atoms with Crippen LogP contribution in [0.3, 0.4) is 0 Å². The highest BCUT2D eigenvalue weighted by Gasteiger charge is 2.54. The molecule has 0 radical (unpaired) electrons. The van der Waals surface area contributed by atoms with Crippen LogP contribution in [0.4, 0.5) is 4.39 Å². The van der Waals surface area contributed by atoms with Crippen LogP contribution in [0.5, 0.6) is 0 Å². The van der Waals surface area contributed by atoms with E-state index in [-0.39, 0.29) is 30.4 Å². The molecule has 124 valence electrons. The number of rotatable bonds is 2. The van der Waals surface area contributed by atoms with Crippen LogP contribution in [-0.2, 0) is 15.1 Å². The molecule has 6 heteroatoms. The molecule has 0 bridgehead atoms. The van der Waals surface area contributed by atoms with Gasteiger partial charge in [-0.1, -0.05) is 29.4 Å². The topological polar surface area (TPSA) is 41.6 Å². The largest absolute Gasteiger partial charge is 0.375 e. The minimum absolute atomic E-state index is 0.00820. The number of benzene rings is 1. The van der Waals surface area contributed by atoms with E-state index in [9.17, 15) is 9.18 Å². The van der Waals surface area contributed by atoms with Crippen molar-refractivity contribution in [1.29, 1.82) is 0 Å². The number of amides is 1. The van der Waals surface area contributed by atoms with Gasteiger partial charge in [-0.2, -0.15) is 0 Å². The van der Waals surface area contributed by atoms with Gasteiger partial charge in [0.1, 0.15) is 17.2 Å². The molecular weight excluding hydrogens is 363 g/mol. The molecule has 23 heavy (non-hydrogen) atoms. The van der Waals surface area contributed by atoms with Crippen molar-refractivity contribution in [2.24, 2.45) is 5.92 Å². The predicted octanol–water partition coefficient (Wildman–Crippen LogP) is 3.13. The van der Waals surface area contributed by atoms with Gasteiger partial charge < -0.3 is 15.0 Å². The van der Waals surface area contributed by atoms with Crippen LogP contribution in [-0.4, -0.2) is 30.6 Å². The number of halogens is 2. The number of ether oxygens (including phenoxy) is 1. The predicted molar refractivity (Wildman–Crippen MR) is 89.0 cm³/mol. The number of carbonyl (C=O) groups excluding carboxylic acids is 1. The first-order valence-electron chi connectivity index (χ1n) is 7.71. The third-order valence-corrected chi connectivity index (χ3v) is 5.40. The lowest BCUT2D eigenvalue weighted by molar-refractivity contribution is -0.154. The number of fused-ring (bicyclic) bond motifs is 1. The number of hydrogen-bond donors (Lipinski definition) is 1. The van der Waals surface area contributed by atoms with Crippen LogP contribution >= 0.6 is 15.9 Å². The zero-order valence-corrected chi connectivity index (χ0v) is 14.8. The molecule has 2 heterocycles. The van der Waals surface area contributed by atoms with E-state index in [1.54, 1.807) is 19.2 Å². The van der Waals surface area contributed by atoms with Crippen LogP contribution in [0.2, 0.25) is 0 Å². The summed E-state index contributed by atoms with van der Waals surface area (Å²) < 4.78 is 21.3. The summed E-state index contributed by atoms with van der Waals surface area (Å²) in [6.07, 6.45) is 1.39. The maximum atomic E-state index is 14.6. The van der Waals surface area contributed by atoms with E-state index in [0.29, 0.717) is 17.8 Å². The lowest BCUT2D eigenvalue weighted by Gasteiger charge is -2.52. The van der Waals surface area contributed by atoms with Crippen molar-refractivity contribution in [3.05, 3.63) is 46.5 Å². The molecule has 4 nitrogen and oxygen atoms in total. The van der Waals surface area contributed by atoms with Gasteiger partial charge in [-0.15, -0.1) is 0 Å². The van der Waals surface area contributed by atoms with Gasteiger partial charge in [-0.3, -0.25) is 4.79 Å². The SMILES string of the molecule is C=C1N[C@@]2(c3cc(Br)ccc3F)CO[C@@H](CC)C[C@H]2C(=O)N1C. The van der Waals surface area contributed by atoms with Gasteiger partial charge in [0, 0.05) is 17.1 Å². The van der Waals surface area contributed by atoms with E-state index in [2.05, 4.69) is 27.8 Å². The van der Waals surface area contributed by atoms with Gasteiger partial charge in [0.15, 0.2) is 0 Å². The lowest BCUT2D eigenvalue weighted by Crippen LogP contribution is -2.65. The molecule has 1 N–H and O–H groups in total. The molecule has 1 amide bonds. The van der Waals surface area contributed by atoms with Gasteiger partial charge in [0.2, 0.25) is 5.91 Å². The van der Waals surface area contributed by atoms with Gasteiger partial charge in [0.05, 0.1) is 18.6 Å². The minimum Gasteiger partial charge on any atom is -0.375 e. The average molecular weight is 383 g/mol. The van der Waals surface area contributed by atoms with Crippen LogP contribution < -0.4 is 5.32 Å². The van der Waals surface area contributed by atoms with Crippen molar-refractivity contribution in [3.63, 3.8) is 0 Å². The normalized spacial score (nSPS) is 30.9. The Hall–Kier alpha value is -1.40. The number of nitrogens with zero attached hydrogens (tertiary/aromatic N) is 1. The second-order valence-corrected chi connectivity index (χ2v) is 7.11. The highest BCUT2D eigenvalue weighted by atomic mass is 79.9. The summed E-state index contributed by atoms with van der Waals surface area (Å²) in [6, 6.07) is 4.77. The highest BCUT2D eigenvalue weighted by Crippen LogP contribution is 2.44. The first-order chi connectivity index (χ1) is 10.9. The second kappa shape index (κ2) is 5.91. The van der Waals surface area contributed by atoms with E-state index in [1.165, 1.54) is 11.0 Å². The van der Waals surface area contributed by atoms with Crippen molar-refractivity contribution in [1.82, 2.24) is 10.2 Å². The first kappa shape index (κ1) is 16.5. The molecule has 0 aliphatic carbocycles. The van der Waals surface area contributed by atoms with Gasteiger partial charge in [0.25, 0.3) is 0 Å². The van der Waals surface area contributed by atoms with Crippen LogP contribution in [0.15, 0.2) is 35.1 Å². The molecule has 2 aliphatic rings. The first-order valence-corrected chi connectivity index (χ1v) is 8.50. The standard InChI is InChI=1S/C17H20BrFN2O2/c1-4-12-8-14-16(22)21(3)10(2)20-17(14,9-23-12)13-7-11(18)5-6-15(13)19/h5-7,12,14,20H,2,4,8-9H2,1,3H3/t12-,14-,17+/m0/s1. The Morgan fingerprint density at radius 1 is 1.57 bits per heavy atom. The summed E-state index contributed by atoms with van der Waals surface area (Å²) in [5.74, 6) is -0.325. The van der Waals surface area contributed by atoms with Crippen molar-refractivity contribution < 1.29 is 13.9 Å². The number of nitrogens with one attached hydrogen (secondary N) is 1. The maximum absolute atomic E-state index is 14.6.